The minimum atomic E-state index is -0.582. The highest BCUT2D eigenvalue weighted by molar-refractivity contribution is 6.38. The molecule has 0 amide bonds. The van der Waals surface area contributed by atoms with Gasteiger partial charge in [-0.2, -0.15) is 0 Å². The molecule has 0 aliphatic rings. The molecule has 0 aliphatic heterocycles. The third-order valence-electron chi connectivity index (χ3n) is 2.30. The van der Waals surface area contributed by atoms with Gasteiger partial charge < -0.3 is 9.94 Å². The SMILES string of the molecule is CCOC(=O)/C(=N\O)C(C)c1ccccc1. The van der Waals surface area contributed by atoms with E-state index in [-0.39, 0.29) is 18.2 Å². The first kappa shape index (κ1) is 12.2. The molecule has 0 heterocycles. The molecule has 1 unspecified atom stereocenters. The molecule has 0 saturated carbocycles. The molecule has 0 aliphatic carbocycles. The van der Waals surface area contributed by atoms with Crippen molar-refractivity contribution in [3.05, 3.63) is 35.9 Å². The van der Waals surface area contributed by atoms with Crippen molar-refractivity contribution in [3.63, 3.8) is 0 Å². The lowest BCUT2D eigenvalue weighted by Crippen LogP contribution is -2.23. The van der Waals surface area contributed by atoms with E-state index < -0.39 is 5.97 Å². The topological polar surface area (TPSA) is 58.9 Å². The number of rotatable bonds is 4. The zero-order chi connectivity index (χ0) is 12.0. The van der Waals surface area contributed by atoms with Crippen LogP contribution in [0.4, 0.5) is 0 Å². The molecule has 0 aromatic heterocycles. The normalized spacial score (nSPS) is 13.2. The molecule has 1 aromatic rings. The summed E-state index contributed by atoms with van der Waals surface area (Å²) >= 11 is 0. The third kappa shape index (κ3) is 2.82. The van der Waals surface area contributed by atoms with Crippen LogP contribution < -0.4 is 0 Å². The average Bonchev–Trinajstić information content (AvgIpc) is 2.31. The summed E-state index contributed by atoms with van der Waals surface area (Å²) in [7, 11) is 0. The molecule has 1 atom stereocenters. The van der Waals surface area contributed by atoms with Crippen molar-refractivity contribution in [1.29, 1.82) is 0 Å². The summed E-state index contributed by atoms with van der Waals surface area (Å²) in [4.78, 5) is 11.5. The molecule has 1 rings (SSSR count). The lowest BCUT2D eigenvalue weighted by Gasteiger charge is -2.12. The quantitative estimate of drug-likeness (QED) is 0.367. The van der Waals surface area contributed by atoms with Crippen molar-refractivity contribution in [1.82, 2.24) is 0 Å². The van der Waals surface area contributed by atoms with Crippen molar-refractivity contribution in [2.75, 3.05) is 6.61 Å². The number of carbonyl (C=O) groups excluding carboxylic acids is 1. The van der Waals surface area contributed by atoms with E-state index in [4.69, 9.17) is 9.94 Å². The highest BCUT2D eigenvalue weighted by Gasteiger charge is 2.22. The molecule has 0 saturated heterocycles. The van der Waals surface area contributed by atoms with E-state index in [1.807, 2.05) is 30.3 Å². The molecule has 4 heteroatoms. The van der Waals surface area contributed by atoms with E-state index in [0.717, 1.165) is 5.56 Å². The first-order valence-corrected chi connectivity index (χ1v) is 5.14. The molecule has 1 N–H and O–H groups in total. The van der Waals surface area contributed by atoms with Crippen molar-refractivity contribution >= 4 is 11.7 Å². The monoisotopic (exact) mass is 221 g/mol. The van der Waals surface area contributed by atoms with Gasteiger partial charge in [0.15, 0.2) is 5.71 Å². The maximum Gasteiger partial charge on any atom is 0.356 e. The highest BCUT2D eigenvalue weighted by Crippen LogP contribution is 2.17. The van der Waals surface area contributed by atoms with Gasteiger partial charge >= 0.3 is 5.97 Å². The van der Waals surface area contributed by atoms with E-state index in [1.165, 1.54) is 0 Å². The number of oxime groups is 1. The molecule has 0 bridgehead atoms. The summed E-state index contributed by atoms with van der Waals surface area (Å²) in [5, 5.41) is 11.9. The molecule has 0 radical (unpaired) electrons. The lowest BCUT2D eigenvalue weighted by molar-refractivity contribution is -0.135. The predicted octanol–water partition coefficient (Wildman–Crippen LogP) is 2.18. The fraction of sp³-hybridized carbons (Fsp3) is 0.333. The first-order chi connectivity index (χ1) is 7.70. The number of hydrogen-bond acceptors (Lipinski definition) is 4. The third-order valence-corrected chi connectivity index (χ3v) is 2.30. The Balaban J connectivity index is 2.87. The van der Waals surface area contributed by atoms with Crippen molar-refractivity contribution in [2.24, 2.45) is 5.16 Å². The Bertz CT molecular complexity index is 373. The summed E-state index contributed by atoms with van der Waals surface area (Å²) in [5.74, 6) is -0.869. The predicted molar refractivity (Wildman–Crippen MR) is 60.7 cm³/mol. The molecule has 1 aromatic carbocycles. The van der Waals surface area contributed by atoms with Crippen LogP contribution >= 0.6 is 0 Å². The Morgan fingerprint density at radius 2 is 2.06 bits per heavy atom. The van der Waals surface area contributed by atoms with Gasteiger partial charge in [0.25, 0.3) is 0 Å². The summed E-state index contributed by atoms with van der Waals surface area (Å²) in [5.41, 5.74) is 0.927. The van der Waals surface area contributed by atoms with Crippen molar-refractivity contribution in [2.45, 2.75) is 19.8 Å². The zero-order valence-corrected chi connectivity index (χ0v) is 9.38. The molecule has 0 fully saturated rings. The molecule has 86 valence electrons. The number of nitrogens with zero attached hydrogens (tertiary/aromatic N) is 1. The standard InChI is InChI=1S/C12H15NO3/c1-3-16-12(14)11(13-15)9(2)10-7-5-4-6-8-10/h4-9,15H,3H2,1-2H3/b13-11-. The maximum absolute atomic E-state index is 11.5. The molecular weight excluding hydrogens is 206 g/mol. The van der Waals surface area contributed by atoms with Crippen LogP contribution in [-0.2, 0) is 9.53 Å². The van der Waals surface area contributed by atoms with E-state index in [1.54, 1.807) is 13.8 Å². The number of hydrogen-bond donors (Lipinski definition) is 1. The Morgan fingerprint density at radius 1 is 1.44 bits per heavy atom. The van der Waals surface area contributed by atoms with Gasteiger partial charge in [0, 0.05) is 5.92 Å². The lowest BCUT2D eigenvalue weighted by atomic mass is 9.96. The maximum atomic E-state index is 11.5. The van der Waals surface area contributed by atoms with E-state index in [2.05, 4.69) is 5.16 Å². The van der Waals surface area contributed by atoms with Gasteiger partial charge in [0.1, 0.15) is 0 Å². The van der Waals surface area contributed by atoms with Gasteiger partial charge in [0.05, 0.1) is 6.61 Å². The van der Waals surface area contributed by atoms with Gasteiger partial charge in [0.2, 0.25) is 0 Å². The molecule has 4 nitrogen and oxygen atoms in total. The molecule has 16 heavy (non-hydrogen) atoms. The zero-order valence-electron chi connectivity index (χ0n) is 9.38. The number of ether oxygens (including phenoxy) is 1. The first-order valence-electron chi connectivity index (χ1n) is 5.14. The van der Waals surface area contributed by atoms with E-state index >= 15 is 0 Å². The average molecular weight is 221 g/mol. The Morgan fingerprint density at radius 3 is 2.56 bits per heavy atom. The van der Waals surface area contributed by atoms with E-state index in [9.17, 15) is 4.79 Å². The second kappa shape index (κ2) is 5.90. The number of esters is 1. The van der Waals surface area contributed by atoms with Crippen LogP contribution in [0.5, 0.6) is 0 Å². The van der Waals surface area contributed by atoms with Crippen LogP contribution in [-0.4, -0.2) is 23.5 Å². The molecular formula is C12H15NO3. The van der Waals surface area contributed by atoms with Gasteiger partial charge in [-0.3, -0.25) is 0 Å². The van der Waals surface area contributed by atoms with Crippen LogP contribution in [0.25, 0.3) is 0 Å². The van der Waals surface area contributed by atoms with Crippen LogP contribution in [0.1, 0.15) is 25.3 Å². The molecule has 0 spiro atoms. The van der Waals surface area contributed by atoms with Crippen molar-refractivity contribution in [3.8, 4) is 0 Å². The fourth-order valence-corrected chi connectivity index (χ4v) is 1.41. The Hall–Kier alpha value is -1.84. The largest absolute Gasteiger partial charge is 0.461 e. The Labute approximate surface area is 94.5 Å². The number of carbonyl (C=O) groups is 1. The van der Waals surface area contributed by atoms with Gasteiger partial charge in [-0.05, 0) is 12.5 Å². The van der Waals surface area contributed by atoms with Gasteiger partial charge in [-0.25, -0.2) is 4.79 Å². The summed E-state index contributed by atoms with van der Waals surface area (Å²) in [6, 6.07) is 9.36. The summed E-state index contributed by atoms with van der Waals surface area (Å²) in [6.45, 7) is 3.76. The summed E-state index contributed by atoms with van der Waals surface area (Å²) in [6.07, 6.45) is 0. The summed E-state index contributed by atoms with van der Waals surface area (Å²) < 4.78 is 4.81. The van der Waals surface area contributed by atoms with Gasteiger partial charge in [-0.1, -0.05) is 42.4 Å². The minimum Gasteiger partial charge on any atom is -0.461 e. The van der Waals surface area contributed by atoms with Crippen LogP contribution in [0.2, 0.25) is 0 Å². The second-order valence-electron chi connectivity index (χ2n) is 3.34. The highest BCUT2D eigenvalue weighted by atomic mass is 16.5. The minimum absolute atomic E-state index is 0.0213. The van der Waals surface area contributed by atoms with Crippen LogP contribution in [0, 0.1) is 0 Å². The van der Waals surface area contributed by atoms with Gasteiger partial charge in [-0.15, -0.1) is 0 Å². The van der Waals surface area contributed by atoms with Crippen molar-refractivity contribution < 1.29 is 14.7 Å². The second-order valence-corrected chi connectivity index (χ2v) is 3.34. The smallest absolute Gasteiger partial charge is 0.356 e. The van der Waals surface area contributed by atoms with E-state index in [0.29, 0.717) is 0 Å². The van der Waals surface area contributed by atoms with Crippen LogP contribution in [0.15, 0.2) is 35.5 Å². The Kier molecular flexibility index (Phi) is 4.51. The van der Waals surface area contributed by atoms with Crippen LogP contribution in [0.3, 0.4) is 0 Å². The fourth-order valence-electron chi connectivity index (χ4n) is 1.41. The number of benzene rings is 1.